The second kappa shape index (κ2) is 8.08. The fourth-order valence-electron chi connectivity index (χ4n) is 3.90. The largest absolute Gasteiger partial charge is 0.377 e. The van der Waals surface area contributed by atoms with E-state index < -0.39 is 0 Å². The Morgan fingerprint density at radius 3 is 2.87 bits per heavy atom. The first-order chi connectivity index (χ1) is 14.3. The predicted molar refractivity (Wildman–Crippen MR) is 117 cm³/mol. The summed E-state index contributed by atoms with van der Waals surface area (Å²) in [4.78, 5) is 33.4. The number of carbonyl (C=O) groups excluding carboxylic acids is 2. The van der Waals surface area contributed by atoms with Gasteiger partial charge in [-0.05, 0) is 30.2 Å². The Kier molecular flexibility index (Phi) is 5.48. The zero-order valence-electron chi connectivity index (χ0n) is 17.3. The molecule has 3 aromatic rings. The van der Waals surface area contributed by atoms with Crippen LogP contribution in [-0.2, 0) is 18.2 Å². The topological polar surface area (TPSA) is 93.7 Å². The van der Waals surface area contributed by atoms with E-state index in [1.807, 2.05) is 34.7 Å². The van der Waals surface area contributed by atoms with Gasteiger partial charge >= 0.3 is 0 Å². The molecule has 0 unspecified atom stereocenters. The van der Waals surface area contributed by atoms with E-state index in [2.05, 4.69) is 11.2 Å². The van der Waals surface area contributed by atoms with Gasteiger partial charge in [0.25, 0.3) is 11.8 Å². The lowest BCUT2D eigenvalue weighted by Gasteiger charge is -2.35. The summed E-state index contributed by atoms with van der Waals surface area (Å²) in [7, 11) is 5.47. The van der Waals surface area contributed by atoms with E-state index in [0.29, 0.717) is 41.8 Å². The van der Waals surface area contributed by atoms with Crippen molar-refractivity contribution in [1.82, 2.24) is 19.4 Å². The van der Waals surface area contributed by atoms with E-state index in [1.54, 1.807) is 19.0 Å². The minimum absolute atomic E-state index is 0.0349. The highest BCUT2D eigenvalue weighted by molar-refractivity contribution is 7.17. The summed E-state index contributed by atoms with van der Waals surface area (Å²) in [5.41, 5.74) is 8.48. The number of hydrogen-bond acceptors (Lipinski definition) is 6. The highest BCUT2D eigenvalue weighted by Gasteiger charge is 2.30. The fraction of sp³-hybridized carbons (Fsp3) is 0.381. The number of benzene rings is 1. The third-order valence-electron chi connectivity index (χ3n) is 5.40. The number of nitrogen functional groups attached to an aromatic ring is 1. The molecular weight excluding hydrogens is 402 g/mol. The maximum Gasteiger partial charge on any atom is 0.266 e. The number of carbonyl (C=O) groups is 2. The smallest absolute Gasteiger partial charge is 0.266 e. The van der Waals surface area contributed by atoms with Crippen molar-refractivity contribution in [3.8, 4) is 0 Å². The minimum atomic E-state index is -0.103. The average molecular weight is 428 g/mol. The SMILES string of the molecule is CN(C)C(=O)c1ccc2c(c1)c(C[C@H]1COCCN1C(=O)c1cnc(N)s1)cn2C. The summed E-state index contributed by atoms with van der Waals surface area (Å²) in [6, 6.07) is 5.65. The van der Waals surface area contributed by atoms with Crippen molar-refractivity contribution in [3.05, 3.63) is 46.6 Å². The monoisotopic (exact) mass is 427 g/mol. The van der Waals surface area contributed by atoms with E-state index in [9.17, 15) is 9.59 Å². The van der Waals surface area contributed by atoms with Crippen molar-refractivity contribution in [1.29, 1.82) is 0 Å². The van der Waals surface area contributed by atoms with Gasteiger partial charge in [-0.25, -0.2) is 4.98 Å². The molecular formula is C21H25N5O3S. The second-order valence-corrected chi connectivity index (χ2v) is 8.75. The van der Waals surface area contributed by atoms with Crippen molar-refractivity contribution in [3.63, 3.8) is 0 Å². The highest BCUT2D eigenvalue weighted by Crippen LogP contribution is 2.27. The van der Waals surface area contributed by atoms with Crippen molar-refractivity contribution in [2.45, 2.75) is 12.5 Å². The van der Waals surface area contributed by atoms with Crippen molar-refractivity contribution in [2.24, 2.45) is 7.05 Å². The molecule has 0 aliphatic carbocycles. The Morgan fingerprint density at radius 1 is 1.37 bits per heavy atom. The van der Waals surface area contributed by atoms with Crippen LogP contribution in [0.5, 0.6) is 0 Å². The maximum atomic E-state index is 13.0. The Morgan fingerprint density at radius 2 is 2.17 bits per heavy atom. The summed E-state index contributed by atoms with van der Waals surface area (Å²) < 4.78 is 7.74. The predicted octanol–water partition coefficient (Wildman–Crippen LogP) is 2.00. The molecule has 2 aromatic heterocycles. The quantitative estimate of drug-likeness (QED) is 0.687. The number of anilines is 1. The van der Waals surface area contributed by atoms with Gasteiger partial charge in [0.05, 0.1) is 25.5 Å². The number of nitrogens with zero attached hydrogens (tertiary/aromatic N) is 4. The van der Waals surface area contributed by atoms with E-state index >= 15 is 0 Å². The van der Waals surface area contributed by atoms with Crippen LogP contribution in [0.3, 0.4) is 0 Å². The number of ether oxygens (including phenoxy) is 1. The van der Waals surface area contributed by atoms with E-state index in [-0.39, 0.29) is 17.9 Å². The van der Waals surface area contributed by atoms with Crippen LogP contribution >= 0.6 is 11.3 Å². The number of aromatic nitrogens is 2. The van der Waals surface area contributed by atoms with Crippen LogP contribution in [0, 0.1) is 0 Å². The molecule has 30 heavy (non-hydrogen) atoms. The van der Waals surface area contributed by atoms with Gasteiger partial charge in [0.1, 0.15) is 4.88 Å². The van der Waals surface area contributed by atoms with Crippen LogP contribution < -0.4 is 5.73 Å². The summed E-state index contributed by atoms with van der Waals surface area (Å²) in [5.74, 6) is -0.103. The Labute approximate surface area is 178 Å². The molecule has 8 nitrogen and oxygen atoms in total. The van der Waals surface area contributed by atoms with E-state index in [1.165, 1.54) is 17.5 Å². The molecule has 1 atom stereocenters. The molecule has 1 fully saturated rings. The molecule has 3 heterocycles. The summed E-state index contributed by atoms with van der Waals surface area (Å²) >= 11 is 1.20. The summed E-state index contributed by atoms with van der Waals surface area (Å²) in [5, 5.41) is 1.40. The van der Waals surface area contributed by atoms with Crippen molar-refractivity contribution in [2.75, 3.05) is 39.6 Å². The number of aryl methyl sites for hydroxylation is 1. The van der Waals surface area contributed by atoms with Gasteiger partial charge in [0, 0.05) is 50.4 Å². The first kappa shape index (κ1) is 20.4. The van der Waals surface area contributed by atoms with Crippen LogP contribution in [0.1, 0.15) is 25.6 Å². The first-order valence-electron chi connectivity index (χ1n) is 9.74. The highest BCUT2D eigenvalue weighted by atomic mass is 32.1. The van der Waals surface area contributed by atoms with Gasteiger partial charge in [-0.1, -0.05) is 11.3 Å². The number of hydrogen-bond donors (Lipinski definition) is 1. The molecule has 4 rings (SSSR count). The third-order valence-corrected chi connectivity index (χ3v) is 6.22. The molecule has 1 aromatic carbocycles. The van der Waals surface area contributed by atoms with Gasteiger partial charge in [-0.15, -0.1) is 0 Å². The van der Waals surface area contributed by atoms with Crippen molar-refractivity contribution < 1.29 is 14.3 Å². The molecule has 2 amide bonds. The lowest BCUT2D eigenvalue weighted by atomic mass is 10.0. The summed E-state index contributed by atoms with van der Waals surface area (Å²) in [6.45, 7) is 1.50. The van der Waals surface area contributed by atoms with Gasteiger partial charge < -0.3 is 24.8 Å². The molecule has 0 bridgehead atoms. The number of amides is 2. The van der Waals surface area contributed by atoms with E-state index in [0.717, 1.165) is 16.5 Å². The molecule has 0 spiro atoms. The lowest BCUT2D eigenvalue weighted by molar-refractivity contribution is -0.00131. The number of rotatable bonds is 4. The normalized spacial score (nSPS) is 16.8. The van der Waals surface area contributed by atoms with Gasteiger partial charge in [0.2, 0.25) is 0 Å². The molecule has 1 saturated heterocycles. The number of fused-ring (bicyclic) bond motifs is 1. The average Bonchev–Trinajstić information content (AvgIpc) is 3.30. The van der Waals surface area contributed by atoms with Crippen LogP contribution in [0.2, 0.25) is 0 Å². The first-order valence-corrected chi connectivity index (χ1v) is 10.6. The van der Waals surface area contributed by atoms with E-state index in [4.69, 9.17) is 10.5 Å². The van der Waals surface area contributed by atoms with Crippen LogP contribution in [0.25, 0.3) is 10.9 Å². The van der Waals surface area contributed by atoms with Crippen LogP contribution in [0.4, 0.5) is 5.13 Å². The molecule has 0 saturated carbocycles. The standard InChI is InChI=1S/C21H25N5O3S/c1-24(2)19(27)13-4-5-17-16(9-13)14(11-25(17)3)8-15-12-29-7-6-26(15)20(28)18-10-23-21(22)30-18/h4-5,9-11,15H,6-8,12H2,1-3H3,(H2,22,23)/t15-/m0/s1. The molecule has 0 radical (unpaired) electrons. The Hall–Kier alpha value is -2.91. The van der Waals surface area contributed by atoms with Gasteiger partial charge in [0.15, 0.2) is 5.13 Å². The molecule has 2 N–H and O–H groups in total. The zero-order valence-corrected chi connectivity index (χ0v) is 18.1. The Bertz CT molecular complexity index is 1100. The third kappa shape index (κ3) is 3.78. The summed E-state index contributed by atoms with van der Waals surface area (Å²) in [6.07, 6.45) is 4.24. The molecule has 1 aliphatic rings. The minimum Gasteiger partial charge on any atom is -0.377 e. The molecule has 9 heteroatoms. The molecule has 158 valence electrons. The maximum absolute atomic E-state index is 13.0. The van der Waals surface area contributed by atoms with Crippen LogP contribution in [-0.4, -0.2) is 71.1 Å². The number of nitrogens with two attached hydrogens (primary N) is 1. The lowest BCUT2D eigenvalue weighted by Crippen LogP contribution is -2.49. The fourth-order valence-corrected chi connectivity index (χ4v) is 4.54. The number of morpholine rings is 1. The van der Waals surface area contributed by atoms with Gasteiger partial charge in [-0.3, -0.25) is 9.59 Å². The van der Waals surface area contributed by atoms with Crippen LogP contribution in [0.15, 0.2) is 30.6 Å². The second-order valence-electron chi connectivity index (χ2n) is 7.69. The van der Waals surface area contributed by atoms with Crippen molar-refractivity contribution >= 4 is 39.2 Å². The zero-order chi connectivity index (χ0) is 21.4. The van der Waals surface area contributed by atoms with Gasteiger partial charge in [-0.2, -0.15) is 0 Å². The molecule has 1 aliphatic heterocycles. The number of thiazole rings is 1. The Balaban J connectivity index is 1.65.